The first-order chi connectivity index (χ1) is 10.8. The zero-order valence-electron chi connectivity index (χ0n) is 13.2. The molecular formula is C18H26N2O2. The van der Waals surface area contributed by atoms with Crippen LogP contribution >= 0.6 is 0 Å². The lowest BCUT2D eigenvalue weighted by molar-refractivity contribution is 0.0807. The van der Waals surface area contributed by atoms with Crippen LogP contribution in [0.4, 0.5) is 4.79 Å². The van der Waals surface area contributed by atoms with Crippen molar-refractivity contribution in [3.63, 3.8) is 0 Å². The van der Waals surface area contributed by atoms with E-state index in [-0.39, 0.29) is 6.09 Å². The Morgan fingerprint density at radius 3 is 2.64 bits per heavy atom. The molecule has 0 radical (unpaired) electrons. The van der Waals surface area contributed by atoms with Crippen molar-refractivity contribution in [2.24, 2.45) is 5.92 Å². The molecular weight excluding hydrogens is 276 g/mol. The van der Waals surface area contributed by atoms with E-state index >= 15 is 0 Å². The summed E-state index contributed by atoms with van der Waals surface area (Å²) in [6.07, 6.45) is 5.96. The van der Waals surface area contributed by atoms with Gasteiger partial charge in [-0.15, -0.1) is 0 Å². The molecule has 0 saturated carbocycles. The summed E-state index contributed by atoms with van der Waals surface area (Å²) < 4.78 is 5.41. The molecule has 2 saturated heterocycles. The number of rotatable bonds is 4. The van der Waals surface area contributed by atoms with Gasteiger partial charge >= 0.3 is 6.09 Å². The van der Waals surface area contributed by atoms with Crippen LogP contribution < -0.4 is 5.32 Å². The lowest BCUT2D eigenvalue weighted by atomic mass is 9.90. The molecule has 2 aliphatic heterocycles. The largest absolute Gasteiger partial charge is 0.445 e. The second kappa shape index (κ2) is 7.63. The van der Waals surface area contributed by atoms with E-state index < -0.39 is 0 Å². The summed E-state index contributed by atoms with van der Waals surface area (Å²) >= 11 is 0. The Morgan fingerprint density at radius 2 is 1.95 bits per heavy atom. The van der Waals surface area contributed by atoms with Crippen molar-refractivity contribution in [2.75, 3.05) is 19.6 Å². The van der Waals surface area contributed by atoms with Gasteiger partial charge in [0.1, 0.15) is 6.61 Å². The van der Waals surface area contributed by atoms with Gasteiger partial charge in [0.05, 0.1) is 0 Å². The number of nitrogens with one attached hydrogen (secondary N) is 1. The highest BCUT2D eigenvalue weighted by molar-refractivity contribution is 5.67. The summed E-state index contributed by atoms with van der Waals surface area (Å²) in [4.78, 5) is 14.0. The molecule has 2 heterocycles. The minimum atomic E-state index is -0.165. The number of carbonyl (C=O) groups is 1. The van der Waals surface area contributed by atoms with Crippen LogP contribution in [0.25, 0.3) is 0 Å². The Hall–Kier alpha value is -1.55. The first-order valence-electron chi connectivity index (χ1n) is 8.50. The van der Waals surface area contributed by atoms with Crippen molar-refractivity contribution in [1.82, 2.24) is 10.2 Å². The smallest absolute Gasteiger partial charge is 0.410 e. The van der Waals surface area contributed by atoms with Crippen LogP contribution in [0.3, 0.4) is 0 Å². The van der Waals surface area contributed by atoms with Gasteiger partial charge in [-0.05, 0) is 50.1 Å². The minimum Gasteiger partial charge on any atom is -0.445 e. The molecule has 1 N–H and O–H groups in total. The third-order valence-corrected chi connectivity index (χ3v) is 4.86. The van der Waals surface area contributed by atoms with Gasteiger partial charge in [0.15, 0.2) is 0 Å². The van der Waals surface area contributed by atoms with Gasteiger partial charge in [-0.1, -0.05) is 30.3 Å². The maximum Gasteiger partial charge on any atom is 0.410 e. The normalized spacial score (nSPS) is 22.7. The number of likely N-dealkylation sites (tertiary alicyclic amines) is 1. The fraction of sp³-hybridized carbons (Fsp3) is 0.611. The molecule has 0 bridgehead atoms. The molecule has 3 rings (SSSR count). The quantitative estimate of drug-likeness (QED) is 0.929. The maximum atomic E-state index is 12.1. The molecule has 120 valence electrons. The Morgan fingerprint density at radius 1 is 1.18 bits per heavy atom. The van der Waals surface area contributed by atoms with Crippen LogP contribution in [0.1, 0.15) is 37.7 Å². The van der Waals surface area contributed by atoms with Crippen LogP contribution in [-0.2, 0) is 11.3 Å². The van der Waals surface area contributed by atoms with E-state index in [1.54, 1.807) is 0 Å². The first kappa shape index (κ1) is 15.3. The molecule has 4 nitrogen and oxygen atoms in total. The Kier molecular flexibility index (Phi) is 5.33. The van der Waals surface area contributed by atoms with Crippen LogP contribution in [0.15, 0.2) is 30.3 Å². The number of nitrogens with zero attached hydrogens (tertiary/aromatic N) is 1. The van der Waals surface area contributed by atoms with E-state index in [9.17, 15) is 4.79 Å². The van der Waals surface area contributed by atoms with Crippen molar-refractivity contribution in [3.8, 4) is 0 Å². The van der Waals surface area contributed by atoms with Crippen LogP contribution in [0.2, 0.25) is 0 Å². The van der Waals surface area contributed by atoms with Crippen LogP contribution in [0, 0.1) is 5.92 Å². The van der Waals surface area contributed by atoms with Gasteiger partial charge in [-0.25, -0.2) is 4.79 Å². The summed E-state index contributed by atoms with van der Waals surface area (Å²) in [6.45, 7) is 3.22. The summed E-state index contributed by atoms with van der Waals surface area (Å²) in [5.74, 6) is 0.758. The van der Waals surface area contributed by atoms with Gasteiger partial charge < -0.3 is 15.0 Å². The van der Waals surface area contributed by atoms with Gasteiger partial charge in [-0.2, -0.15) is 0 Å². The number of hydrogen-bond acceptors (Lipinski definition) is 3. The monoisotopic (exact) mass is 302 g/mol. The van der Waals surface area contributed by atoms with Crippen LogP contribution in [0.5, 0.6) is 0 Å². The number of carbonyl (C=O) groups excluding carboxylic acids is 1. The van der Waals surface area contributed by atoms with Gasteiger partial charge in [0.25, 0.3) is 0 Å². The average molecular weight is 302 g/mol. The van der Waals surface area contributed by atoms with Crippen molar-refractivity contribution in [2.45, 2.75) is 44.8 Å². The second-order valence-electron chi connectivity index (χ2n) is 6.50. The van der Waals surface area contributed by atoms with Gasteiger partial charge in [-0.3, -0.25) is 0 Å². The number of amides is 1. The molecule has 1 atom stereocenters. The molecule has 0 spiro atoms. The number of hydrogen-bond donors (Lipinski definition) is 1. The highest BCUT2D eigenvalue weighted by Gasteiger charge is 2.26. The molecule has 2 aliphatic rings. The zero-order valence-corrected chi connectivity index (χ0v) is 13.2. The highest BCUT2D eigenvalue weighted by atomic mass is 16.6. The topological polar surface area (TPSA) is 41.6 Å². The second-order valence-corrected chi connectivity index (χ2v) is 6.50. The Bertz CT molecular complexity index is 463. The van der Waals surface area contributed by atoms with E-state index in [2.05, 4.69) is 5.32 Å². The maximum absolute atomic E-state index is 12.1. The highest BCUT2D eigenvalue weighted by Crippen LogP contribution is 2.25. The molecule has 1 unspecified atom stereocenters. The first-order valence-corrected chi connectivity index (χ1v) is 8.50. The van der Waals surface area contributed by atoms with E-state index in [0.29, 0.717) is 12.6 Å². The van der Waals surface area contributed by atoms with E-state index in [1.165, 1.54) is 25.8 Å². The van der Waals surface area contributed by atoms with Gasteiger partial charge in [0, 0.05) is 19.1 Å². The fourth-order valence-corrected chi connectivity index (χ4v) is 3.52. The van der Waals surface area contributed by atoms with E-state index in [1.807, 2.05) is 35.2 Å². The van der Waals surface area contributed by atoms with Gasteiger partial charge in [0.2, 0.25) is 0 Å². The molecule has 4 heteroatoms. The van der Waals surface area contributed by atoms with Crippen LogP contribution in [-0.4, -0.2) is 36.7 Å². The SMILES string of the molecule is O=C(OCc1ccccc1)N1CCC(CC2CCCN2)CC1. The minimum absolute atomic E-state index is 0.165. The predicted molar refractivity (Wildman–Crippen MR) is 86.6 cm³/mol. The zero-order chi connectivity index (χ0) is 15.2. The number of benzene rings is 1. The Balaban J connectivity index is 1.38. The lowest BCUT2D eigenvalue weighted by Gasteiger charge is -2.32. The van der Waals surface area contributed by atoms with E-state index in [0.717, 1.165) is 37.4 Å². The Labute approximate surface area is 132 Å². The predicted octanol–water partition coefficient (Wildman–Crippen LogP) is 3.18. The lowest BCUT2D eigenvalue weighted by Crippen LogP contribution is -2.40. The van der Waals surface area contributed by atoms with Crippen molar-refractivity contribution in [3.05, 3.63) is 35.9 Å². The summed E-state index contributed by atoms with van der Waals surface area (Å²) in [5.41, 5.74) is 1.04. The molecule has 22 heavy (non-hydrogen) atoms. The summed E-state index contributed by atoms with van der Waals surface area (Å²) in [5, 5.41) is 3.57. The molecule has 2 fully saturated rings. The molecule has 1 amide bonds. The number of ether oxygens (including phenoxy) is 1. The summed E-state index contributed by atoms with van der Waals surface area (Å²) in [7, 11) is 0. The van der Waals surface area contributed by atoms with Crippen molar-refractivity contribution >= 4 is 6.09 Å². The standard InChI is InChI=1S/C18H26N2O2/c21-18(22-14-16-5-2-1-3-6-16)20-11-8-15(9-12-20)13-17-7-4-10-19-17/h1-3,5-6,15,17,19H,4,7-14H2. The average Bonchev–Trinajstić information content (AvgIpc) is 3.07. The molecule has 0 aromatic heterocycles. The number of piperidine rings is 1. The van der Waals surface area contributed by atoms with Crippen molar-refractivity contribution < 1.29 is 9.53 Å². The fourth-order valence-electron chi connectivity index (χ4n) is 3.52. The molecule has 0 aliphatic carbocycles. The summed E-state index contributed by atoms with van der Waals surface area (Å²) in [6, 6.07) is 10.6. The molecule has 1 aromatic carbocycles. The third kappa shape index (κ3) is 4.23. The van der Waals surface area contributed by atoms with Crippen molar-refractivity contribution in [1.29, 1.82) is 0 Å². The van der Waals surface area contributed by atoms with E-state index in [4.69, 9.17) is 4.74 Å². The third-order valence-electron chi connectivity index (χ3n) is 4.86. The molecule has 1 aromatic rings.